The Morgan fingerprint density at radius 3 is 2.89 bits per heavy atom. The highest BCUT2D eigenvalue weighted by molar-refractivity contribution is 7.15. The highest BCUT2D eigenvalue weighted by Gasteiger charge is 2.10. The Morgan fingerprint density at radius 1 is 1.44 bits per heavy atom. The lowest BCUT2D eigenvalue weighted by molar-refractivity contribution is 0.879. The van der Waals surface area contributed by atoms with E-state index in [4.69, 9.17) is 11.1 Å². The quantitative estimate of drug-likeness (QED) is 0.636. The number of nitrogens with zero attached hydrogens (tertiary/aromatic N) is 4. The Hall–Kier alpha value is -2.17. The van der Waals surface area contributed by atoms with Crippen molar-refractivity contribution in [3.63, 3.8) is 0 Å². The summed E-state index contributed by atoms with van der Waals surface area (Å²) in [5, 5.41) is 18.3. The monoisotopic (exact) mass is 260 g/mol. The van der Waals surface area contributed by atoms with E-state index in [1.54, 1.807) is 6.07 Å². The van der Waals surface area contributed by atoms with Gasteiger partial charge in [0, 0.05) is 7.05 Å². The molecule has 0 aliphatic carbocycles. The Balaban J connectivity index is 2.17. The van der Waals surface area contributed by atoms with Crippen LogP contribution in [0.1, 0.15) is 10.6 Å². The van der Waals surface area contributed by atoms with Crippen molar-refractivity contribution < 1.29 is 0 Å². The van der Waals surface area contributed by atoms with Crippen LogP contribution in [0, 0.1) is 11.3 Å². The van der Waals surface area contributed by atoms with Gasteiger partial charge in [-0.25, -0.2) is 5.84 Å². The molecule has 92 valence electrons. The molecule has 0 atom stereocenters. The molecule has 6 nitrogen and oxygen atoms in total. The minimum atomic E-state index is 0.576. The molecule has 0 aliphatic heterocycles. The first kappa shape index (κ1) is 12.3. The minimum absolute atomic E-state index is 0.576. The topological polar surface area (TPSA) is 90.9 Å². The maximum Gasteiger partial charge on any atom is 0.219 e. The molecule has 0 saturated carbocycles. The maximum atomic E-state index is 9.05. The molecule has 0 amide bonds. The number of nitrogens with one attached hydrogen (secondary N) is 1. The van der Waals surface area contributed by atoms with Crippen molar-refractivity contribution in [3.8, 4) is 6.07 Å². The summed E-state index contributed by atoms with van der Waals surface area (Å²) < 4.78 is 0. The number of nitrogen functional groups attached to an aromatic ring is 1. The van der Waals surface area contributed by atoms with Crippen LogP contribution in [0.25, 0.3) is 0 Å². The molecule has 7 heteroatoms. The van der Waals surface area contributed by atoms with E-state index in [-0.39, 0.29) is 0 Å². The fourth-order valence-electron chi connectivity index (χ4n) is 1.56. The zero-order valence-corrected chi connectivity index (χ0v) is 10.6. The van der Waals surface area contributed by atoms with E-state index in [1.165, 1.54) is 11.3 Å². The fourth-order valence-corrected chi connectivity index (χ4v) is 2.27. The van der Waals surface area contributed by atoms with Gasteiger partial charge in [0.15, 0.2) is 0 Å². The van der Waals surface area contributed by atoms with Crippen LogP contribution in [0.2, 0.25) is 0 Å². The van der Waals surface area contributed by atoms with E-state index in [0.717, 1.165) is 10.7 Å². The number of rotatable bonds is 4. The summed E-state index contributed by atoms with van der Waals surface area (Å²) in [4.78, 5) is 1.96. The van der Waals surface area contributed by atoms with Crippen LogP contribution < -0.4 is 16.2 Å². The Bertz CT molecular complexity index is 573. The van der Waals surface area contributed by atoms with Gasteiger partial charge < -0.3 is 4.90 Å². The number of benzene rings is 1. The number of para-hydroxylation sites is 1. The lowest BCUT2D eigenvalue weighted by Gasteiger charge is -2.18. The molecule has 1 aromatic heterocycles. The van der Waals surface area contributed by atoms with E-state index in [9.17, 15) is 0 Å². The van der Waals surface area contributed by atoms with Crippen LogP contribution in [0.5, 0.6) is 0 Å². The standard InChI is InChI=1S/C11H12N6S/c1-17(7-10-15-16-11(14-13)18-10)9-5-3-2-4-8(9)6-12/h2-5H,7,13H2,1H3,(H,14,16). The third-order valence-corrected chi connectivity index (χ3v) is 3.24. The van der Waals surface area contributed by atoms with Crippen molar-refractivity contribution in [2.75, 3.05) is 17.4 Å². The predicted molar refractivity (Wildman–Crippen MR) is 71.0 cm³/mol. The Morgan fingerprint density at radius 2 is 2.22 bits per heavy atom. The van der Waals surface area contributed by atoms with E-state index in [1.807, 2.05) is 30.1 Å². The van der Waals surface area contributed by atoms with Crippen molar-refractivity contribution in [1.82, 2.24) is 10.2 Å². The lowest BCUT2D eigenvalue weighted by atomic mass is 10.2. The number of hydrazine groups is 1. The van der Waals surface area contributed by atoms with Gasteiger partial charge in [0.05, 0.1) is 17.8 Å². The molecular weight excluding hydrogens is 248 g/mol. The highest BCUT2D eigenvalue weighted by Crippen LogP contribution is 2.22. The third kappa shape index (κ3) is 2.56. The van der Waals surface area contributed by atoms with Gasteiger partial charge in [-0.15, -0.1) is 10.2 Å². The number of hydrogen-bond acceptors (Lipinski definition) is 7. The van der Waals surface area contributed by atoms with Gasteiger partial charge in [0.2, 0.25) is 5.13 Å². The summed E-state index contributed by atoms with van der Waals surface area (Å²) >= 11 is 1.39. The molecule has 0 saturated heterocycles. The van der Waals surface area contributed by atoms with E-state index < -0.39 is 0 Å². The van der Waals surface area contributed by atoms with Gasteiger partial charge >= 0.3 is 0 Å². The van der Waals surface area contributed by atoms with Gasteiger partial charge in [-0.05, 0) is 12.1 Å². The zero-order chi connectivity index (χ0) is 13.0. The zero-order valence-electron chi connectivity index (χ0n) is 9.79. The van der Waals surface area contributed by atoms with Crippen LogP contribution in [0.15, 0.2) is 24.3 Å². The van der Waals surface area contributed by atoms with E-state index in [2.05, 4.69) is 21.7 Å². The average molecular weight is 260 g/mol. The smallest absolute Gasteiger partial charge is 0.219 e. The molecule has 3 N–H and O–H groups in total. The summed E-state index contributed by atoms with van der Waals surface area (Å²) in [5.74, 6) is 5.25. The summed E-state index contributed by atoms with van der Waals surface area (Å²) in [6.45, 7) is 0.581. The number of nitriles is 1. The van der Waals surface area contributed by atoms with Gasteiger partial charge in [-0.1, -0.05) is 23.5 Å². The number of aromatic nitrogens is 2. The normalized spacial score (nSPS) is 9.83. The van der Waals surface area contributed by atoms with E-state index >= 15 is 0 Å². The minimum Gasteiger partial charge on any atom is -0.367 e. The van der Waals surface area contributed by atoms with Crippen molar-refractivity contribution in [2.24, 2.45) is 5.84 Å². The van der Waals surface area contributed by atoms with Crippen LogP contribution >= 0.6 is 11.3 Å². The molecule has 18 heavy (non-hydrogen) atoms. The summed E-state index contributed by atoms with van der Waals surface area (Å²) in [7, 11) is 1.91. The number of anilines is 2. The van der Waals surface area contributed by atoms with Crippen LogP contribution in [-0.2, 0) is 6.54 Å². The SMILES string of the molecule is CN(Cc1nnc(NN)s1)c1ccccc1C#N. The molecule has 0 fully saturated rings. The second-order valence-corrected chi connectivity index (χ2v) is 4.69. The molecule has 0 spiro atoms. The Kier molecular flexibility index (Phi) is 3.72. The second kappa shape index (κ2) is 5.44. The van der Waals surface area contributed by atoms with Gasteiger partial charge in [-0.3, -0.25) is 5.43 Å². The summed E-state index contributed by atoms with van der Waals surface area (Å²) in [6, 6.07) is 9.61. The molecule has 2 aromatic rings. The summed E-state index contributed by atoms with van der Waals surface area (Å²) in [5.41, 5.74) is 3.97. The fraction of sp³-hybridized carbons (Fsp3) is 0.182. The first-order valence-electron chi connectivity index (χ1n) is 5.24. The predicted octanol–water partition coefficient (Wildman–Crippen LogP) is 1.33. The summed E-state index contributed by atoms with van der Waals surface area (Å²) in [6.07, 6.45) is 0. The number of nitrogens with two attached hydrogens (primary N) is 1. The van der Waals surface area contributed by atoms with Crippen molar-refractivity contribution in [2.45, 2.75) is 6.54 Å². The molecule has 0 aliphatic rings. The molecule has 0 unspecified atom stereocenters. The molecule has 1 aromatic carbocycles. The van der Waals surface area contributed by atoms with Crippen LogP contribution in [0.4, 0.5) is 10.8 Å². The second-order valence-electron chi connectivity index (χ2n) is 3.63. The van der Waals surface area contributed by atoms with Crippen molar-refractivity contribution in [1.29, 1.82) is 5.26 Å². The van der Waals surface area contributed by atoms with Gasteiger partial charge in [-0.2, -0.15) is 5.26 Å². The van der Waals surface area contributed by atoms with Crippen LogP contribution in [0.3, 0.4) is 0 Å². The van der Waals surface area contributed by atoms with Crippen LogP contribution in [-0.4, -0.2) is 17.2 Å². The van der Waals surface area contributed by atoms with Crippen molar-refractivity contribution in [3.05, 3.63) is 34.8 Å². The molecule has 0 bridgehead atoms. The third-order valence-electron chi connectivity index (χ3n) is 2.40. The first-order chi connectivity index (χ1) is 8.74. The lowest BCUT2D eigenvalue weighted by Crippen LogP contribution is -2.17. The molecule has 0 radical (unpaired) electrons. The molecule has 1 heterocycles. The Labute approximate surface area is 109 Å². The number of hydrogen-bond donors (Lipinski definition) is 2. The van der Waals surface area contributed by atoms with E-state index in [0.29, 0.717) is 17.2 Å². The first-order valence-corrected chi connectivity index (χ1v) is 6.05. The van der Waals surface area contributed by atoms with Gasteiger partial charge in [0.1, 0.15) is 11.1 Å². The molecule has 2 rings (SSSR count). The molecular formula is C11H12N6S. The van der Waals surface area contributed by atoms with Gasteiger partial charge in [0.25, 0.3) is 0 Å². The average Bonchev–Trinajstić information content (AvgIpc) is 2.86. The van der Waals surface area contributed by atoms with Crippen molar-refractivity contribution >= 4 is 22.2 Å². The maximum absolute atomic E-state index is 9.05. The highest BCUT2D eigenvalue weighted by atomic mass is 32.1. The largest absolute Gasteiger partial charge is 0.367 e.